The summed E-state index contributed by atoms with van der Waals surface area (Å²) in [6.45, 7) is 4.33. The molecule has 0 bridgehead atoms. The molecule has 0 atom stereocenters. The second-order valence-electron chi connectivity index (χ2n) is 3.71. The van der Waals surface area contributed by atoms with Crippen LogP contribution in [0.2, 0.25) is 0 Å². The Hall–Kier alpha value is -1.06. The molecule has 0 heterocycles. The first-order valence-corrected chi connectivity index (χ1v) is 5.61. The molecule has 1 amide bonds. The molecule has 0 aromatic heterocycles. The van der Waals surface area contributed by atoms with Gasteiger partial charge in [-0.05, 0) is 12.8 Å². The van der Waals surface area contributed by atoms with Crippen LogP contribution in [-0.2, 0) is 9.59 Å². The Bertz CT molecular complexity index is 198. The minimum Gasteiger partial charge on any atom is -0.481 e. The summed E-state index contributed by atoms with van der Waals surface area (Å²) in [5.41, 5.74) is 0. The zero-order chi connectivity index (χ0) is 11.7. The number of hydrogen-bond acceptors (Lipinski definition) is 2. The van der Waals surface area contributed by atoms with Crippen LogP contribution in [0, 0.1) is 5.92 Å². The third-order valence-corrected chi connectivity index (χ3v) is 2.28. The second-order valence-corrected chi connectivity index (χ2v) is 3.71. The fraction of sp³-hybridized carbons (Fsp3) is 0.818. The predicted molar refractivity (Wildman–Crippen MR) is 58.6 cm³/mol. The zero-order valence-electron chi connectivity index (χ0n) is 9.58. The van der Waals surface area contributed by atoms with Crippen LogP contribution >= 0.6 is 0 Å². The Morgan fingerprint density at radius 3 is 2.13 bits per heavy atom. The van der Waals surface area contributed by atoms with Gasteiger partial charge in [-0.1, -0.05) is 26.7 Å². The fourth-order valence-electron chi connectivity index (χ4n) is 1.54. The van der Waals surface area contributed by atoms with E-state index in [1.807, 2.05) is 13.8 Å². The van der Waals surface area contributed by atoms with E-state index in [0.29, 0.717) is 0 Å². The van der Waals surface area contributed by atoms with Gasteiger partial charge in [0.25, 0.3) is 0 Å². The number of carboxylic acid groups (broad SMARTS) is 1. The third-order valence-electron chi connectivity index (χ3n) is 2.28. The highest BCUT2D eigenvalue weighted by Crippen LogP contribution is 2.13. The van der Waals surface area contributed by atoms with E-state index in [2.05, 4.69) is 5.32 Å². The van der Waals surface area contributed by atoms with Crippen molar-refractivity contribution in [3.63, 3.8) is 0 Å². The number of hydrogen-bond donors (Lipinski definition) is 2. The van der Waals surface area contributed by atoms with Crippen molar-refractivity contribution in [2.24, 2.45) is 5.92 Å². The summed E-state index contributed by atoms with van der Waals surface area (Å²) >= 11 is 0. The lowest BCUT2D eigenvalue weighted by Gasteiger charge is -2.14. The van der Waals surface area contributed by atoms with Gasteiger partial charge < -0.3 is 10.4 Å². The summed E-state index contributed by atoms with van der Waals surface area (Å²) in [6.07, 6.45) is 3.73. The van der Waals surface area contributed by atoms with E-state index in [0.717, 1.165) is 25.7 Å². The van der Waals surface area contributed by atoms with Crippen molar-refractivity contribution in [1.29, 1.82) is 0 Å². The van der Waals surface area contributed by atoms with E-state index in [9.17, 15) is 9.59 Å². The van der Waals surface area contributed by atoms with E-state index in [-0.39, 0.29) is 24.8 Å². The normalized spacial score (nSPS) is 10.3. The van der Waals surface area contributed by atoms with Gasteiger partial charge in [-0.3, -0.25) is 9.59 Å². The van der Waals surface area contributed by atoms with Gasteiger partial charge in [-0.15, -0.1) is 0 Å². The molecule has 0 aliphatic rings. The summed E-state index contributed by atoms with van der Waals surface area (Å²) in [5, 5.41) is 11.1. The molecule has 4 nitrogen and oxygen atoms in total. The Morgan fingerprint density at radius 2 is 1.73 bits per heavy atom. The molecule has 15 heavy (non-hydrogen) atoms. The van der Waals surface area contributed by atoms with Crippen molar-refractivity contribution in [2.75, 3.05) is 6.54 Å². The molecular formula is C11H21NO3. The number of carbonyl (C=O) groups excluding carboxylic acids is 1. The van der Waals surface area contributed by atoms with Crippen LogP contribution in [0.3, 0.4) is 0 Å². The largest absolute Gasteiger partial charge is 0.481 e. The third kappa shape index (κ3) is 6.94. The van der Waals surface area contributed by atoms with Crippen molar-refractivity contribution >= 4 is 11.9 Å². The van der Waals surface area contributed by atoms with Crippen molar-refractivity contribution in [3.05, 3.63) is 0 Å². The second kappa shape index (κ2) is 8.26. The van der Waals surface area contributed by atoms with Gasteiger partial charge in [0, 0.05) is 12.5 Å². The number of aliphatic carboxylic acids is 1. The minimum atomic E-state index is -0.877. The molecule has 0 rings (SSSR count). The van der Waals surface area contributed by atoms with Crippen molar-refractivity contribution in [2.45, 2.75) is 46.0 Å². The maximum Gasteiger partial charge on any atom is 0.305 e. The first kappa shape index (κ1) is 13.9. The number of rotatable bonds is 8. The molecular weight excluding hydrogens is 194 g/mol. The molecule has 0 saturated heterocycles. The van der Waals surface area contributed by atoms with Gasteiger partial charge in [0.05, 0.1) is 6.42 Å². The first-order valence-electron chi connectivity index (χ1n) is 5.61. The standard InChI is InChI=1S/C11H21NO3/c1-3-5-9(6-4-2)11(15)12-8-7-10(13)14/h9H,3-8H2,1-2H3,(H,12,15)(H,13,14). The van der Waals surface area contributed by atoms with E-state index < -0.39 is 5.97 Å². The molecule has 0 unspecified atom stereocenters. The summed E-state index contributed by atoms with van der Waals surface area (Å²) in [7, 11) is 0. The Kier molecular flexibility index (Phi) is 7.68. The van der Waals surface area contributed by atoms with E-state index in [1.54, 1.807) is 0 Å². The first-order chi connectivity index (χ1) is 7.11. The van der Waals surface area contributed by atoms with Gasteiger partial charge in [0.15, 0.2) is 0 Å². The predicted octanol–water partition coefficient (Wildman–Crippen LogP) is 1.79. The Morgan fingerprint density at radius 1 is 1.20 bits per heavy atom. The molecule has 0 radical (unpaired) electrons. The topological polar surface area (TPSA) is 66.4 Å². The maximum absolute atomic E-state index is 11.6. The zero-order valence-corrected chi connectivity index (χ0v) is 9.58. The minimum absolute atomic E-state index is 0.0000463. The number of carbonyl (C=O) groups is 2. The quantitative estimate of drug-likeness (QED) is 0.648. The molecule has 0 aromatic rings. The Balaban J connectivity index is 3.85. The van der Waals surface area contributed by atoms with Gasteiger partial charge >= 0.3 is 5.97 Å². The Labute approximate surface area is 91.1 Å². The van der Waals surface area contributed by atoms with Crippen LogP contribution in [0.1, 0.15) is 46.0 Å². The van der Waals surface area contributed by atoms with Crippen molar-refractivity contribution in [3.8, 4) is 0 Å². The lowest BCUT2D eigenvalue weighted by molar-refractivity contribution is -0.137. The molecule has 0 aromatic carbocycles. The molecule has 0 fully saturated rings. The number of carboxylic acids is 1. The summed E-state index contributed by atoms with van der Waals surface area (Å²) < 4.78 is 0. The van der Waals surface area contributed by atoms with Gasteiger partial charge in [-0.2, -0.15) is 0 Å². The fourth-order valence-corrected chi connectivity index (χ4v) is 1.54. The highest BCUT2D eigenvalue weighted by Gasteiger charge is 2.15. The molecule has 2 N–H and O–H groups in total. The SMILES string of the molecule is CCCC(CCC)C(=O)NCCC(=O)O. The summed E-state index contributed by atoms with van der Waals surface area (Å²) in [6, 6.07) is 0. The van der Waals surface area contributed by atoms with Crippen molar-refractivity contribution in [1.82, 2.24) is 5.32 Å². The molecule has 4 heteroatoms. The van der Waals surface area contributed by atoms with Gasteiger partial charge in [-0.25, -0.2) is 0 Å². The molecule has 0 spiro atoms. The lowest BCUT2D eigenvalue weighted by Crippen LogP contribution is -2.32. The van der Waals surface area contributed by atoms with E-state index in [4.69, 9.17) is 5.11 Å². The monoisotopic (exact) mass is 215 g/mol. The molecule has 0 aliphatic carbocycles. The summed E-state index contributed by atoms with van der Waals surface area (Å²) in [4.78, 5) is 21.9. The van der Waals surface area contributed by atoms with Crippen LogP contribution in [0.15, 0.2) is 0 Å². The van der Waals surface area contributed by atoms with Gasteiger partial charge in [0.2, 0.25) is 5.91 Å². The average Bonchev–Trinajstić information content (AvgIpc) is 2.16. The number of nitrogens with one attached hydrogen (secondary N) is 1. The highest BCUT2D eigenvalue weighted by molar-refractivity contribution is 5.79. The molecule has 88 valence electrons. The van der Waals surface area contributed by atoms with E-state index in [1.165, 1.54) is 0 Å². The molecule has 0 aliphatic heterocycles. The average molecular weight is 215 g/mol. The molecule has 0 saturated carbocycles. The van der Waals surface area contributed by atoms with E-state index >= 15 is 0 Å². The van der Waals surface area contributed by atoms with Crippen LogP contribution in [0.4, 0.5) is 0 Å². The maximum atomic E-state index is 11.6. The summed E-state index contributed by atoms with van der Waals surface area (Å²) in [5.74, 6) is -0.827. The van der Waals surface area contributed by atoms with Crippen molar-refractivity contribution < 1.29 is 14.7 Å². The van der Waals surface area contributed by atoms with Crippen LogP contribution in [0.25, 0.3) is 0 Å². The lowest BCUT2D eigenvalue weighted by atomic mass is 9.97. The number of amides is 1. The van der Waals surface area contributed by atoms with Gasteiger partial charge in [0.1, 0.15) is 0 Å². The highest BCUT2D eigenvalue weighted by atomic mass is 16.4. The van der Waals surface area contributed by atoms with Crippen LogP contribution in [-0.4, -0.2) is 23.5 Å². The smallest absolute Gasteiger partial charge is 0.305 e. The van der Waals surface area contributed by atoms with Crippen LogP contribution < -0.4 is 5.32 Å². The van der Waals surface area contributed by atoms with Crippen LogP contribution in [0.5, 0.6) is 0 Å².